The van der Waals surface area contributed by atoms with E-state index in [0.29, 0.717) is 0 Å². The SMILES string of the molecule is C1=CCNC=C1.CCC. The third-order valence-corrected chi connectivity index (χ3v) is 0.697. The van der Waals surface area contributed by atoms with Gasteiger partial charge in [0.05, 0.1) is 0 Å². The van der Waals surface area contributed by atoms with Gasteiger partial charge < -0.3 is 5.32 Å². The Morgan fingerprint density at radius 1 is 1.33 bits per heavy atom. The van der Waals surface area contributed by atoms with Crippen molar-refractivity contribution in [2.24, 2.45) is 0 Å². The Labute approximate surface area is 57.5 Å². The fourth-order valence-electron chi connectivity index (χ4n) is 0.406. The molecule has 1 nitrogen and oxygen atoms in total. The molecular weight excluding hydrogens is 110 g/mol. The molecule has 1 aliphatic rings. The molecule has 1 aliphatic heterocycles. The number of hydrogen-bond donors (Lipinski definition) is 1. The minimum absolute atomic E-state index is 0.983. The van der Waals surface area contributed by atoms with Crippen molar-refractivity contribution >= 4 is 0 Å². The third-order valence-electron chi connectivity index (χ3n) is 0.697. The Morgan fingerprint density at radius 3 is 2.11 bits per heavy atom. The molecule has 0 saturated carbocycles. The number of allylic oxidation sites excluding steroid dienone is 2. The largest absolute Gasteiger partial charge is 0.387 e. The van der Waals surface area contributed by atoms with E-state index in [-0.39, 0.29) is 0 Å². The highest BCUT2D eigenvalue weighted by Crippen LogP contribution is 1.78. The van der Waals surface area contributed by atoms with E-state index in [1.165, 1.54) is 6.42 Å². The van der Waals surface area contributed by atoms with Gasteiger partial charge in [0.25, 0.3) is 0 Å². The lowest BCUT2D eigenvalue weighted by Gasteiger charge is -1.94. The van der Waals surface area contributed by atoms with E-state index in [1.54, 1.807) is 0 Å². The Bertz CT molecular complexity index is 80.7. The monoisotopic (exact) mass is 125 g/mol. The van der Waals surface area contributed by atoms with Crippen LogP contribution < -0.4 is 5.32 Å². The van der Waals surface area contributed by atoms with Gasteiger partial charge in [0.15, 0.2) is 0 Å². The number of rotatable bonds is 0. The molecule has 0 aromatic heterocycles. The summed E-state index contributed by atoms with van der Waals surface area (Å²) in [6, 6.07) is 0. The van der Waals surface area contributed by atoms with Crippen LogP contribution in [0.5, 0.6) is 0 Å². The van der Waals surface area contributed by atoms with E-state index < -0.39 is 0 Å². The molecule has 0 unspecified atom stereocenters. The summed E-state index contributed by atoms with van der Waals surface area (Å²) < 4.78 is 0. The van der Waals surface area contributed by atoms with Crippen molar-refractivity contribution in [3.05, 3.63) is 24.4 Å². The summed E-state index contributed by atoms with van der Waals surface area (Å²) >= 11 is 0. The fraction of sp³-hybridized carbons (Fsp3) is 0.500. The van der Waals surface area contributed by atoms with Gasteiger partial charge in [-0.05, 0) is 12.3 Å². The van der Waals surface area contributed by atoms with Crippen LogP contribution in [0.25, 0.3) is 0 Å². The van der Waals surface area contributed by atoms with Crippen molar-refractivity contribution in [3.63, 3.8) is 0 Å². The molecule has 0 spiro atoms. The first-order chi connectivity index (χ1) is 4.41. The predicted molar refractivity (Wildman–Crippen MR) is 42.2 cm³/mol. The number of hydrogen-bond acceptors (Lipinski definition) is 1. The molecule has 1 N–H and O–H groups in total. The van der Waals surface area contributed by atoms with Crippen LogP contribution in [0.15, 0.2) is 24.4 Å². The molecule has 0 aliphatic carbocycles. The molecule has 52 valence electrons. The smallest absolute Gasteiger partial charge is 0.0328 e. The van der Waals surface area contributed by atoms with Gasteiger partial charge in [0.1, 0.15) is 0 Å². The summed E-state index contributed by atoms with van der Waals surface area (Å²) in [6.45, 7) is 5.23. The van der Waals surface area contributed by atoms with Crippen LogP contribution in [0, 0.1) is 0 Å². The lowest BCUT2D eigenvalue weighted by Crippen LogP contribution is -2.05. The lowest BCUT2D eigenvalue weighted by atomic mass is 10.4. The summed E-state index contributed by atoms with van der Waals surface area (Å²) in [4.78, 5) is 0. The first-order valence-corrected chi connectivity index (χ1v) is 3.46. The zero-order valence-electron chi connectivity index (χ0n) is 6.22. The first kappa shape index (κ1) is 8.28. The Balaban J connectivity index is 0.000000187. The van der Waals surface area contributed by atoms with Crippen molar-refractivity contribution in [1.82, 2.24) is 5.32 Å². The van der Waals surface area contributed by atoms with E-state index in [1.807, 2.05) is 18.4 Å². The maximum absolute atomic E-state index is 3.02. The van der Waals surface area contributed by atoms with Gasteiger partial charge >= 0.3 is 0 Å². The molecule has 1 rings (SSSR count). The van der Waals surface area contributed by atoms with E-state index in [9.17, 15) is 0 Å². The second kappa shape index (κ2) is 7.28. The van der Waals surface area contributed by atoms with Crippen LogP contribution in [0.1, 0.15) is 20.3 Å². The van der Waals surface area contributed by atoms with Crippen molar-refractivity contribution in [2.45, 2.75) is 20.3 Å². The standard InChI is InChI=1S/C5H7N.C3H8/c1-2-4-6-5-3-1;1-3-2/h1-4,6H,5H2;3H2,1-2H3. The molecule has 0 amide bonds. The second-order valence-corrected chi connectivity index (χ2v) is 1.90. The average molecular weight is 125 g/mol. The Hall–Kier alpha value is -0.720. The maximum atomic E-state index is 3.02. The van der Waals surface area contributed by atoms with Gasteiger partial charge in [-0.1, -0.05) is 32.4 Å². The zero-order chi connectivity index (χ0) is 6.95. The van der Waals surface area contributed by atoms with Crippen molar-refractivity contribution in [2.75, 3.05) is 6.54 Å². The number of dihydropyridines is 1. The van der Waals surface area contributed by atoms with Crippen LogP contribution in [0.4, 0.5) is 0 Å². The van der Waals surface area contributed by atoms with Crippen LogP contribution >= 0.6 is 0 Å². The minimum Gasteiger partial charge on any atom is -0.387 e. The molecule has 1 heteroatoms. The summed E-state index contributed by atoms with van der Waals surface area (Å²) in [6.07, 6.45) is 9.25. The summed E-state index contributed by atoms with van der Waals surface area (Å²) in [5.41, 5.74) is 0. The molecule has 0 saturated heterocycles. The molecule has 1 heterocycles. The predicted octanol–water partition coefficient (Wildman–Crippen LogP) is 2.08. The van der Waals surface area contributed by atoms with Gasteiger partial charge in [-0.15, -0.1) is 0 Å². The normalized spacial score (nSPS) is 13.6. The number of nitrogens with one attached hydrogen (secondary N) is 1. The van der Waals surface area contributed by atoms with Crippen LogP contribution in [0.3, 0.4) is 0 Å². The molecule has 9 heavy (non-hydrogen) atoms. The molecular formula is C8H15N. The first-order valence-electron chi connectivity index (χ1n) is 3.46. The van der Waals surface area contributed by atoms with Gasteiger partial charge in [0.2, 0.25) is 0 Å². The molecule has 0 radical (unpaired) electrons. The van der Waals surface area contributed by atoms with Gasteiger partial charge in [-0.25, -0.2) is 0 Å². The van der Waals surface area contributed by atoms with Gasteiger partial charge in [0, 0.05) is 6.54 Å². The fourth-order valence-corrected chi connectivity index (χ4v) is 0.406. The highest BCUT2D eigenvalue weighted by atomic mass is 14.8. The molecule has 0 bridgehead atoms. The van der Waals surface area contributed by atoms with Crippen LogP contribution in [-0.4, -0.2) is 6.54 Å². The maximum Gasteiger partial charge on any atom is 0.0328 e. The van der Waals surface area contributed by atoms with E-state index >= 15 is 0 Å². The molecule has 0 atom stereocenters. The summed E-state index contributed by atoms with van der Waals surface area (Å²) in [5, 5.41) is 3.02. The van der Waals surface area contributed by atoms with Crippen molar-refractivity contribution in [3.8, 4) is 0 Å². The molecule has 0 fully saturated rings. The molecule has 0 aromatic carbocycles. The second-order valence-electron chi connectivity index (χ2n) is 1.90. The topological polar surface area (TPSA) is 12.0 Å². The van der Waals surface area contributed by atoms with Crippen LogP contribution in [-0.2, 0) is 0 Å². The van der Waals surface area contributed by atoms with Crippen molar-refractivity contribution < 1.29 is 0 Å². The lowest BCUT2D eigenvalue weighted by molar-refractivity contribution is 0.972. The highest BCUT2D eigenvalue weighted by Gasteiger charge is 1.73. The van der Waals surface area contributed by atoms with E-state index in [2.05, 4.69) is 25.2 Å². The zero-order valence-corrected chi connectivity index (χ0v) is 6.22. The van der Waals surface area contributed by atoms with Gasteiger partial charge in [-0.3, -0.25) is 0 Å². The van der Waals surface area contributed by atoms with Crippen LogP contribution in [0.2, 0.25) is 0 Å². The van der Waals surface area contributed by atoms with Gasteiger partial charge in [-0.2, -0.15) is 0 Å². The summed E-state index contributed by atoms with van der Waals surface area (Å²) in [7, 11) is 0. The molecule has 0 aromatic rings. The average Bonchev–Trinajstić information content (AvgIpc) is 1.93. The Kier molecular flexibility index (Phi) is 6.70. The quantitative estimate of drug-likeness (QED) is 0.522. The Morgan fingerprint density at radius 2 is 2.00 bits per heavy atom. The highest BCUT2D eigenvalue weighted by molar-refractivity contribution is 5.06. The van der Waals surface area contributed by atoms with E-state index in [0.717, 1.165) is 6.54 Å². The summed E-state index contributed by atoms with van der Waals surface area (Å²) in [5.74, 6) is 0. The minimum atomic E-state index is 0.983. The third kappa shape index (κ3) is 7.28. The van der Waals surface area contributed by atoms with Crippen molar-refractivity contribution in [1.29, 1.82) is 0 Å². The van der Waals surface area contributed by atoms with E-state index in [4.69, 9.17) is 0 Å².